The maximum absolute atomic E-state index is 13.1. The number of hydrogen-bond donors (Lipinski definition) is 0. The van der Waals surface area contributed by atoms with Crippen molar-refractivity contribution in [3.63, 3.8) is 0 Å². The van der Waals surface area contributed by atoms with Crippen LogP contribution in [0, 0.1) is 13.8 Å². The second-order valence-corrected chi connectivity index (χ2v) is 8.38. The average molecular weight is 396 g/mol. The van der Waals surface area contributed by atoms with Gasteiger partial charge in [0.25, 0.3) is 11.7 Å². The summed E-state index contributed by atoms with van der Waals surface area (Å²) < 4.78 is 1.77. The van der Waals surface area contributed by atoms with Crippen LogP contribution in [0.25, 0.3) is 5.78 Å². The molecule has 6 nitrogen and oxygen atoms in total. The summed E-state index contributed by atoms with van der Waals surface area (Å²) in [7, 11) is 0. The van der Waals surface area contributed by atoms with E-state index in [0.717, 1.165) is 41.9 Å². The molecule has 2 aromatic heterocycles. The Morgan fingerprint density at radius 2 is 2.04 bits per heavy atom. The van der Waals surface area contributed by atoms with Gasteiger partial charge in [-0.25, -0.2) is 9.50 Å². The predicted molar refractivity (Wildman–Crippen MR) is 111 cm³/mol. The third kappa shape index (κ3) is 3.76. The SMILES string of the molecule is Cc1cc(C)n2nc(SCc3ccccc3C(=O)N3CCCCC3C)nc2n1. The van der Waals surface area contributed by atoms with Crippen LogP contribution in [-0.2, 0) is 5.75 Å². The smallest absolute Gasteiger partial charge is 0.254 e. The summed E-state index contributed by atoms with van der Waals surface area (Å²) in [5.74, 6) is 1.41. The lowest BCUT2D eigenvalue weighted by Gasteiger charge is -2.34. The average Bonchev–Trinajstić information content (AvgIpc) is 3.10. The highest BCUT2D eigenvalue weighted by Crippen LogP contribution is 2.25. The number of aryl methyl sites for hydroxylation is 2. The maximum Gasteiger partial charge on any atom is 0.254 e. The van der Waals surface area contributed by atoms with Gasteiger partial charge in [0.15, 0.2) is 0 Å². The highest BCUT2D eigenvalue weighted by Gasteiger charge is 2.25. The molecular formula is C21H25N5OS. The Balaban J connectivity index is 1.54. The molecule has 1 fully saturated rings. The van der Waals surface area contributed by atoms with Gasteiger partial charge in [-0.1, -0.05) is 30.0 Å². The van der Waals surface area contributed by atoms with Crippen LogP contribution in [0.5, 0.6) is 0 Å². The summed E-state index contributed by atoms with van der Waals surface area (Å²) in [6.45, 7) is 6.95. The highest BCUT2D eigenvalue weighted by molar-refractivity contribution is 7.98. The number of carbonyl (C=O) groups is 1. The van der Waals surface area contributed by atoms with Gasteiger partial charge < -0.3 is 4.90 Å². The Morgan fingerprint density at radius 3 is 2.86 bits per heavy atom. The number of thioether (sulfide) groups is 1. The normalized spacial score (nSPS) is 17.2. The van der Waals surface area contributed by atoms with Gasteiger partial charge in [-0.05, 0) is 57.7 Å². The molecule has 1 aliphatic rings. The van der Waals surface area contributed by atoms with Crippen molar-refractivity contribution in [1.29, 1.82) is 0 Å². The van der Waals surface area contributed by atoms with Crippen molar-refractivity contribution >= 4 is 23.4 Å². The summed E-state index contributed by atoms with van der Waals surface area (Å²) in [5.41, 5.74) is 3.75. The van der Waals surface area contributed by atoms with E-state index in [2.05, 4.69) is 22.0 Å². The number of benzene rings is 1. The number of piperidine rings is 1. The molecule has 0 aliphatic carbocycles. The molecule has 1 saturated heterocycles. The molecule has 1 unspecified atom stereocenters. The van der Waals surface area contributed by atoms with E-state index in [9.17, 15) is 4.79 Å². The minimum absolute atomic E-state index is 0.138. The fourth-order valence-corrected chi connectivity index (χ4v) is 4.58. The molecule has 1 aromatic carbocycles. The van der Waals surface area contributed by atoms with Crippen molar-refractivity contribution in [3.05, 3.63) is 52.8 Å². The van der Waals surface area contributed by atoms with Gasteiger partial charge in [-0.15, -0.1) is 5.10 Å². The van der Waals surface area contributed by atoms with Gasteiger partial charge in [-0.2, -0.15) is 4.98 Å². The number of rotatable bonds is 4. The molecule has 146 valence electrons. The van der Waals surface area contributed by atoms with Gasteiger partial charge in [0.1, 0.15) is 0 Å². The van der Waals surface area contributed by atoms with Gasteiger partial charge in [-0.3, -0.25) is 4.79 Å². The van der Waals surface area contributed by atoms with Crippen LogP contribution in [0.2, 0.25) is 0 Å². The zero-order valence-electron chi connectivity index (χ0n) is 16.6. The molecule has 7 heteroatoms. The van der Waals surface area contributed by atoms with Gasteiger partial charge >= 0.3 is 0 Å². The fraction of sp³-hybridized carbons (Fsp3) is 0.429. The van der Waals surface area contributed by atoms with Crippen LogP contribution >= 0.6 is 11.8 Å². The lowest BCUT2D eigenvalue weighted by Crippen LogP contribution is -2.42. The van der Waals surface area contributed by atoms with E-state index >= 15 is 0 Å². The molecule has 0 N–H and O–H groups in total. The zero-order valence-corrected chi connectivity index (χ0v) is 17.4. The molecule has 1 amide bonds. The second-order valence-electron chi connectivity index (χ2n) is 7.43. The van der Waals surface area contributed by atoms with E-state index in [-0.39, 0.29) is 5.91 Å². The van der Waals surface area contributed by atoms with Crippen molar-refractivity contribution in [2.24, 2.45) is 0 Å². The Hall–Kier alpha value is -2.41. The Morgan fingerprint density at radius 1 is 1.21 bits per heavy atom. The van der Waals surface area contributed by atoms with Crippen LogP contribution in [0.1, 0.15) is 53.5 Å². The van der Waals surface area contributed by atoms with Crippen molar-refractivity contribution < 1.29 is 4.79 Å². The molecule has 4 rings (SSSR count). The summed E-state index contributed by atoms with van der Waals surface area (Å²) in [6, 6.07) is 10.2. The van der Waals surface area contributed by atoms with Crippen molar-refractivity contribution in [2.75, 3.05) is 6.54 Å². The Bertz CT molecular complexity index is 1020. The third-order valence-electron chi connectivity index (χ3n) is 5.27. The molecule has 28 heavy (non-hydrogen) atoms. The number of likely N-dealkylation sites (tertiary alicyclic amines) is 1. The van der Waals surface area contributed by atoms with Crippen molar-refractivity contribution in [1.82, 2.24) is 24.5 Å². The van der Waals surface area contributed by atoms with Gasteiger partial charge in [0.05, 0.1) is 0 Å². The Labute approximate surface area is 169 Å². The molecule has 1 aliphatic heterocycles. The van der Waals surface area contributed by atoms with Gasteiger partial charge in [0, 0.05) is 35.3 Å². The van der Waals surface area contributed by atoms with Crippen LogP contribution in [0.15, 0.2) is 35.5 Å². The first kappa shape index (κ1) is 18.9. The van der Waals surface area contributed by atoms with E-state index in [1.165, 1.54) is 18.2 Å². The number of carbonyl (C=O) groups excluding carboxylic acids is 1. The molecule has 0 spiro atoms. The lowest BCUT2D eigenvalue weighted by molar-refractivity contribution is 0.0635. The Kier molecular flexibility index (Phi) is 5.35. The molecule has 3 aromatic rings. The minimum atomic E-state index is 0.138. The van der Waals surface area contributed by atoms with Crippen molar-refractivity contribution in [2.45, 2.75) is 57.0 Å². The fourth-order valence-electron chi connectivity index (χ4n) is 3.76. The number of fused-ring (bicyclic) bond motifs is 1. The second kappa shape index (κ2) is 7.91. The molecule has 0 bridgehead atoms. The van der Waals surface area contributed by atoms with E-state index in [0.29, 0.717) is 22.7 Å². The molecular weight excluding hydrogens is 370 g/mol. The summed E-state index contributed by atoms with van der Waals surface area (Å²) in [5, 5.41) is 5.23. The molecule has 1 atom stereocenters. The number of hydrogen-bond acceptors (Lipinski definition) is 5. The van der Waals surface area contributed by atoms with Crippen LogP contribution in [0.4, 0.5) is 0 Å². The largest absolute Gasteiger partial charge is 0.336 e. The molecule has 3 heterocycles. The number of nitrogens with zero attached hydrogens (tertiary/aromatic N) is 5. The van der Waals surface area contributed by atoms with Crippen LogP contribution in [0.3, 0.4) is 0 Å². The maximum atomic E-state index is 13.1. The van der Waals surface area contributed by atoms with E-state index in [1.54, 1.807) is 4.52 Å². The van der Waals surface area contributed by atoms with Crippen molar-refractivity contribution in [3.8, 4) is 0 Å². The van der Waals surface area contributed by atoms with E-state index in [4.69, 9.17) is 0 Å². The van der Waals surface area contributed by atoms with E-state index in [1.807, 2.05) is 49.1 Å². The summed E-state index contributed by atoms with van der Waals surface area (Å²) in [6.07, 6.45) is 3.37. The van der Waals surface area contributed by atoms with E-state index < -0.39 is 0 Å². The topological polar surface area (TPSA) is 63.4 Å². The first-order valence-corrected chi connectivity index (χ1v) is 10.7. The molecule has 0 radical (unpaired) electrons. The third-order valence-corrected chi connectivity index (χ3v) is 6.15. The highest BCUT2D eigenvalue weighted by atomic mass is 32.2. The minimum Gasteiger partial charge on any atom is -0.336 e. The first-order valence-electron chi connectivity index (χ1n) is 9.75. The number of aromatic nitrogens is 4. The van der Waals surface area contributed by atoms with Crippen LogP contribution in [-0.4, -0.2) is 43.0 Å². The van der Waals surface area contributed by atoms with Crippen LogP contribution < -0.4 is 0 Å². The zero-order chi connectivity index (χ0) is 19.7. The number of amides is 1. The quantitative estimate of drug-likeness (QED) is 0.624. The molecule has 0 saturated carbocycles. The first-order chi connectivity index (χ1) is 13.5. The summed E-state index contributed by atoms with van der Waals surface area (Å²) >= 11 is 1.54. The van der Waals surface area contributed by atoms with Gasteiger partial charge in [0.2, 0.25) is 5.16 Å². The summed E-state index contributed by atoms with van der Waals surface area (Å²) in [4.78, 5) is 24.1. The predicted octanol–water partition coefficient (Wildman–Crippen LogP) is 4.05. The lowest BCUT2D eigenvalue weighted by atomic mass is 10.0. The monoisotopic (exact) mass is 395 g/mol. The standard InChI is InChI=1S/C21H25N5OS/c1-14-12-16(3)26-20(22-14)23-21(24-26)28-13-17-9-4-5-10-18(17)19(27)25-11-7-6-8-15(25)2/h4-5,9-10,12,15H,6-8,11,13H2,1-3H3.